The summed E-state index contributed by atoms with van der Waals surface area (Å²) in [5, 5.41) is 8.38. The zero-order chi connectivity index (χ0) is 12.0. The van der Waals surface area contributed by atoms with Crippen LogP contribution in [0.15, 0.2) is 18.2 Å². The van der Waals surface area contributed by atoms with Crippen LogP contribution in [-0.2, 0) is 16.0 Å². The number of rotatable bonds is 6. The Morgan fingerprint density at radius 2 is 2.25 bits per heavy atom. The molecule has 1 aromatic rings. The van der Waals surface area contributed by atoms with Gasteiger partial charge in [0, 0.05) is 0 Å². The highest BCUT2D eigenvalue weighted by Crippen LogP contribution is 2.08. The molecule has 0 fully saturated rings. The Bertz CT molecular complexity index is 365. The van der Waals surface area contributed by atoms with E-state index < -0.39 is 5.97 Å². The van der Waals surface area contributed by atoms with E-state index >= 15 is 0 Å². The third kappa shape index (κ3) is 3.94. The van der Waals surface area contributed by atoms with Crippen molar-refractivity contribution >= 4 is 19.3 Å². The summed E-state index contributed by atoms with van der Waals surface area (Å²) in [7, 11) is 3.61. The van der Waals surface area contributed by atoms with E-state index in [4.69, 9.17) is 14.6 Å². The van der Waals surface area contributed by atoms with Gasteiger partial charge in [-0.15, -0.1) is 0 Å². The number of carbonyl (C=O) groups is 1. The molecule has 0 spiro atoms. The molecule has 0 saturated heterocycles. The van der Waals surface area contributed by atoms with Crippen molar-refractivity contribution in [2.45, 2.75) is 6.42 Å². The molecule has 86 valence electrons. The largest absolute Gasteiger partial charge is 0.497 e. The summed E-state index contributed by atoms with van der Waals surface area (Å²) in [6.45, 7) is 0.174. The smallest absolute Gasteiger partial charge is 0.329 e. The highest BCUT2D eigenvalue weighted by atomic mass is 16.5. The second kappa shape index (κ2) is 6.17. The Balaban J connectivity index is 2.43. The predicted octanol–water partition coefficient (Wildman–Crippen LogP) is -0.403. The van der Waals surface area contributed by atoms with Gasteiger partial charge in [-0.05, 0) is 23.5 Å². The summed E-state index contributed by atoms with van der Waals surface area (Å²) in [6, 6.07) is 5.88. The van der Waals surface area contributed by atoms with Crippen LogP contribution >= 0.6 is 0 Å². The van der Waals surface area contributed by atoms with Gasteiger partial charge in [0.1, 0.15) is 20.2 Å². The molecule has 0 aliphatic heterocycles. The monoisotopic (exact) mass is 222 g/mol. The maximum atomic E-state index is 10.2. The number of carboxylic acids is 1. The van der Waals surface area contributed by atoms with Gasteiger partial charge in [0.05, 0.1) is 13.7 Å². The molecule has 5 heteroatoms. The first kappa shape index (κ1) is 12.6. The summed E-state index contributed by atoms with van der Waals surface area (Å²) in [5.41, 5.74) is 2.18. The lowest BCUT2D eigenvalue weighted by Gasteiger charge is -2.07. The van der Waals surface area contributed by atoms with Crippen LogP contribution in [0.2, 0.25) is 0 Å². The average Bonchev–Trinajstić information content (AvgIpc) is 2.24. The van der Waals surface area contributed by atoms with Crippen LogP contribution in [0.3, 0.4) is 0 Å². The second-order valence-electron chi connectivity index (χ2n) is 3.50. The molecule has 0 bridgehead atoms. The molecule has 0 atom stereocenters. The number of benzene rings is 1. The predicted molar refractivity (Wildman–Crippen MR) is 63.3 cm³/mol. The first-order valence-electron chi connectivity index (χ1n) is 5.06. The summed E-state index contributed by atoms with van der Waals surface area (Å²) in [4.78, 5) is 10.2. The van der Waals surface area contributed by atoms with Crippen molar-refractivity contribution in [1.29, 1.82) is 0 Å². The van der Waals surface area contributed by atoms with E-state index in [0.717, 1.165) is 16.8 Å². The fourth-order valence-corrected chi connectivity index (χ4v) is 1.45. The maximum absolute atomic E-state index is 10.2. The van der Waals surface area contributed by atoms with Gasteiger partial charge in [-0.2, -0.15) is 0 Å². The molecule has 0 saturated carbocycles. The minimum absolute atomic E-state index is 0.241. The van der Waals surface area contributed by atoms with Crippen molar-refractivity contribution in [3.8, 4) is 5.75 Å². The van der Waals surface area contributed by atoms with Crippen molar-refractivity contribution in [1.82, 2.24) is 0 Å². The molecule has 0 aromatic heterocycles. The van der Waals surface area contributed by atoms with Crippen LogP contribution in [0.25, 0.3) is 0 Å². The molecule has 1 aromatic carbocycles. The van der Waals surface area contributed by atoms with Gasteiger partial charge in [-0.25, -0.2) is 4.79 Å². The van der Waals surface area contributed by atoms with Crippen molar-refractivity contribution in [3.05, 3.63) is 23.8 Å². The van der Waals surface area contributed by atoms with E-state index in [1.165, 1.54) is 0 Å². The lowest BCUT2D eigenvalue weighted by molar-refractivity contribution is -0.142. The molecule has 0 radical (unpaired) electrons. The molecule has 16 heavy (non-hydrogen) atoms. The Morgan fingerprint density at radius 1 is 1.50 bits per heavy atom. The van der Waals surface area contributed by atoms with Crippen molar-refractivity contribution in [2.75, 3.05) is 20.3 Å². The van der Waals surface area contributed by atoms with Gasteiger partial charge in [-0.3, -0.25) is 0 Å². The third-order valence-corrected chi connectivity index (χ3v) is 2.22. The number of ether oxygens (including phenoxy) is 2. The zero-order valence-electron chi connectivity index (χ0n) is 9.53. The molecule has 1 rings (SSSR count). The van der Waals surface area contributed by atoms with Crippen LogP contribution in [0.4, 0.5) is 0 Å². The molecule has 0 unspecified atom stereocenters. The Hall–Kier alpha value is -1.49. The Kier molecular flexibility index (Phi) is 4.86. The summed E-state index contributed by atoms with van der Waals surface area (Å²) in [6.07, 6.45) is 0.706. The van der Waals surface area contributed by atoms with Crippen LogP contribution in [-0.4, -0.2) is 39.2 Å². The normalized spacial score (nSPS) is 10.1. The van der Waals surface area contributed by atoms with Gasteiger partial charge in [0.25, 0.3) is 0 Å². The number of hydrogen-bond donors (Lipinski definition) is 1. The lowest BCUT2D eigenvalue weighted by Crippen LogP contribution is -2.11. The van der Waals surface area contributed by atoms with Crippen molar-refractivity contribution in [3.63, 3.8) is 0 Å². The molecule has 0 aliphatic carbocycles. The Morgan fingerprint density at radius 3 is 2.81 bits per heavy atom. The van der Waals surface area contributed by atoms with E-state index in [0.29, 0.717) is 13.0 Å². The van der Waals surface area contributed by atoms with Crippen LogP contribution in [0.5, 0.6) is 5.75 Å². The van der Waals surface area contributed by atoms with E-state index in [2.05, 4.69) is 0 Å². The third-order valence-electron chi connectivity index (χ3n) is 2.22. The first-order valence-corrected chi connectivity index (χ1v) is 5.06. The van der Waals surface area contributed by atoms with E-state index in [9.17, 15) is 4.79 Å². The molecule has 0 amide bonds. The van der Waals surface area contributed by atoms with Crippen molar-refractivity contribution in [2.24, 2.45) is 0 Å². The first-order chi connectivity index (χ1) is 7.63. The molecule has 0 aliphatic rings. The topological polar surface area (TPSA) is 55.8 Å². The van der Waals surface area contributed by atoms with Crippen molar-refractivity contribution < 1.29 is 19.4 Å². The van der Waals surface area contributed by atoms with Crippen LogP contribution in [0.1, 0.15) is 5.56 Å². The van der Waals surface area contributed by atoms with E-state index in [-0.39, 0.29) is 6.61 Å². The summed E-state index contributed by atoms with van der Waals surface area (Å²) in [5.74, 6) is -0.0823. The van der Waals surface area contributed by atoms with Gasteiger partial charge >= 0.3 is 5.97 Å². The maximum Gasteiger partial charge on any atom is 0.329 e. The molecule has 0 heterocycles. The minimum Gasteiger partial charge on any atom is -0.497 e. The molecular weight excluding hydrogens is 207 g/mol. The molecule has 4 nitrogen and oxygen atoms in total. The number of carboxylic acid groups (broad SMARTS) is 1. The number of methoxy groups -OCH3 is 1. The van der Waals surface area contributed by atoms with E-state index in [1.54, 1.807) is 7.11 Å². The van der Waals surface area contributed by atoms with Crippen LogP contribution < -0.4 is 10.2 Å². The minimum atomic E-state index is -0.939. The molecular formula is C11H15BO4. The zero-order valence-corrected chi connectivity index (χ0v) is 9.53. The lowest BCUT2D eigenvalue weighted by atomic mass is 9.92. The molecule has 1 N–H and O–H groups in total. The average molecular weight is 222 g/mol. The van der Waals surface area contributed by atoms with Gasteiger partial charge in [-0.1, -0.05) is 12.1 Å². The second-order valence-corrected chi connectivity index (χ2v) is 3.50. The van der Waals surface area contributed by atoms with Gasteiger partial charge < -0.3 is 14.6 Å². The number of aliphatic carboxylic acids is 1. The summed E-state index contributed by atoms with van der Waals surface area (Å²) < 4.78 is 10.1. The van der Waals surface area contributed by atoms with Crippen LogP contribution in [0, 0.1) is 0 Å². The summed E-state index contributed by atoms with van der Waals surface area (Å²) >= 11 is 0. The van der Waals surface area contributed by atoms with Gasteiger partial charge in [0.15, 0.2) is 0 Å². The standard InChI is InChI=1S/C11H15BO4/c1-15-10-3-2-8(6-9(10)12)4-5-16-7-11(13)14/h2-3,6H,4-5,7,12H2,1H3,(H,13,14). The Labute approximate surface area is 95.6 Å². The van der Waals surface area contributed by atoms with E-state index in [1.807, 2.05) is 26.0 Å². The number of hydrogen-bond acceptors (Lipinski definition) is 3. The quantitative estimate of drug-likeness (QED) is 0.525. The fourth-order valence-electron chi connectivity index (χ4n) is 1.45. The highest BCUT2D eigenvalue weighted by Gasteiger charge is 2.01. The van der Waals surface area contributed by atoms with Gasteiger partial charge in [0.2, 0.25) is 0 Å². The highest BCUT2D eigenvalue weighted by molar-refractivity contribution is 6.34. The fraction of sp³-hybridized carbons (Fsp3) is 0.364. The SMILES string of the molecule is Bc1cc(CCOCC(=O)O)ccc1OC.